The van der Waals surface area contributed by atoms with Crippen LogP contribution in [0.5, 0.6) is 0 Å². The number of sulfonamides is 1. The molecule has 118 valence electrons. The summed E-state index contributed by atoms with van der Waals surface area (Å²) < 4.78 is 24.7. The summed E-state index contributed by atoms with van der Waals surface area (Å²) >= 11 is 0. The normalized spacial score (nSPS) is 17.7. The first-order chi connectivity index (χ1) is 10.4. The van der Waals surface area contributed by atoms with Gasteiger partial charge in [0.25, 0.3) is 0 Å². The second kappa shape index (κ2) is 5.77. The van der Waals surface area contributed by atoms with Crippen LogP contribution in [0.3, 0.4) is 0 Å². The van der Waals surface area contributed by atoms with E-state index in [4.69, 9.17) is 0 Å². The molecule has 3 heterocycles. The van der Waals surface area contributed by atoms with Crippen LogP contribution in [0.25, 0.3) is 11.5 Å². The van der Waals surface area contributed by atoms with Gasteiger partial charge < -0.3 is 4.98 Å². The Morgan fingerprint density at radius 1 is 1.27 bits per heavy atom. The molecule has 1 saturated heterocycles. The molecule has 0 amide bonds. The molecule has 0 saturated carbocycles. The lowest BCUT2D eigenvalue weighted by atomic mass is 9.97. The zero-order valence-corrected chi connectivity index (χ0v) is 13.5. The highest BCUT2D eigenvalue weighted by molar-refractivity contribution is 7.88. The van der Waals surface area contributed by atoms with E-state index in [2.05, 4.69) is 19.9 Å². The van der Waals surface area contributed by atoms with Gasteiger partial charge in [-0.2, -0.15) is 0 Å². The lowest BCUT2D eigenvalue weighted by Gasteiger charge is -2.29. The van der Waals surface area contributed by atoms with Gasteiger partial charge in [0.15, 0.2) is 5.82 Å². The lowest BCUT2D eigenvalue weighted by molar-refractivity contribution is 0.315. The van der Waals surface area contributed by atoms with Crippen LogP contribution in [-0.4, -0.2) is 52.0 Å². The van der Waals surface area contributed by atoms with Gasteiger partial charge in [0, 0.05) is 37.1 Å². The second-order valence-electron chi connectivity index (χ2n) is 5.63. The molecule has 0 bridgehead atoms. The van der Waals surface area contributed by atoms with Crippen molar-refractivity contribution in [1.29, 1.82) is 0 Å². The van der Waals surface area contributed by atoms with E-state index < -0.39 is 10.0 Å². The Bertz CT molecular complexity index is 750. The van der Waals surface area contributed by atoms with Gasteiger partial charge in [0.1, 0.15) is 11.5 Å². The molecule has 22 heavy (non-hydrogen) atoms. The first-order valence-corrected chi connectivity index (χ1v) is 9.09. The predicted octanol–water partition coefficient (Wildman–Crippen LogP) is 1.31. The van der Waals surface area contributed by atoms with Crippen LogP contribution in [-0.2, 0) is 10.0 Å². The number of nitrogens with one attached hydrogen (secondary N) is 1. The van der Waals surface area contributed by atoms with E-state index in [0.29, 0.717) is 13.1 Å². The number of H-pyrrole nitrogens is 1. The minimum Gasteiger partial charge on any atom is -0.343 e. The average Bonchev–Trinajstić information content (AvgIpc) is 3.00. The van der Waals surface area contributed by atoms with Gasteiger partial charge in [-0.25, -0.2) is 27.7 Å². The van der Waals surface area contributed by atoms with Gasteiger partial charge in [-0.1, -0.05) is 0 Å². The van der Waals surface area contributed by atoms with Crippen LogP contribution in [0.1, 0.15) is 30.3 Å². The molecule has 1 N–H and O–H groups in total. The van der Waals surface area contributed by atoms with Crippen LogP contribution < -0.4 is 0 Å². The Balaban J connectivity index is 1.82. The SMILES string of the molecule is Cc1cc(-c2ncc[nH]2)nc(C2CCN(S(C)(=O)=O)CC2)n1. The van der Waals surface area contributed by atoms with Crippen LogP contribution in [0.2, 0.25) is 0 Å². The smallest absolute Gasteiger partial charge is 0.211 e. The third-order valence-corrected chi connectivity index (χ3v) is 5.20. The van der Waals surface area contributed by atoms with Crippen molar-refractivity contribution in [3.63, 3.8) is 0 Å². The Kier molecular flexibility index (Phi) is 3.96. The number of aryl methyl sites for hydroxylation is 1. The maximum atomic E-state index is 11.6. The maximum absolute atomic E-state index is 11.6. The summed E-state index contributed by atoms with van der Waals surface area (Å²) in [5, 5.41) is 0. The number of piperidine rings is 1. The summed E-state index contributed by atoms with van der Waals surface area (Å²) in [7, 11) is -3.11. The highest BCUT2D eigenvalue weighted by Crippen LogP contribution is 2.28. The van der Waals surface area contributed by atoms with Crippen LogP contribution in [0, 0.1) is 6.92 Å². The quantitative estimate of drug-likeness (QED) is 0.920. The topological polar surface area (TPSA) is 91.8 Å². The van der Waals surface area contributed by atoms with E-state index in [1.165, 1.54) is 10.6 Å². The lowest BCUT2D eigenvalue weighted by Crippen LogP contribution is -2.37. The highest BCUT2D eigenvalue weighted by Gasteiger charge is 2.27. The molecule has 1 aliphatic rings. The fraction of sp³-hybridized carbons (Fsp3) is 0.500. The van der Waals surface area contributed by atoms with Gasteiger partial charge >= 0.3 is 0 Å². The molecular formula is C14H19N5O2S. The molecule has 8 heteroatoms. The number of imidazole rings is 1. The summed E-state index contributed by atoms with van der Waals surface area (Å²) in [6, 6.07) is 1.90. The highest BCUT2D eigenvalue weighted by atomic mass is 32.2. The minimum atomic E-state index is -3.11. The molecule has 0 spiro atoms. The molecule has 2 aromatic heterocycles. The number of aromatic amines is 1. The van der Waals surface area contributed by atoms with Crippen molar-refractivity contribution in [2.24, 2.45) is 0 Å². The predicted molar refractivity (Wildman–Crippen MR) is 82.7 cm³/mol. The summed E-state index contributed by atoms with van der Waals surface area (Å²) in [5.41, 5.74) is 1.67. The van der Waals surface area contributed by atoms with Crippen LogP contribution in [0.4, 0.5) is 0 Å². The van der Waals surface area contributed by atoms with Gasteiger partial charge in [-0.05, 0) is 25.8 Å². The molecular weight excluding hydrogens is 302 g/mol. The van der Waals surface area contributed by atoms with Crippen molar-refractivity contribution >= 4 is 10.0 Å². The van der Waals surface area contributed by atoms with Crippen LogP contribution in [0.15, 0.2) is 18.5 Å². The number of rotatable bonds is 3. The molecule has 0 atom stereocenters. The molecule has 0 unspecified atom stereocenters. The Morgan fingerprint density at radius 2 is 2.00 bits per heavy atom. The molecule has 0 radical (unpaired) electrons. The zero-order valence-electron chi connectivity index (χ0n) is 12.7. The molecule has 3 rings (SSSR count). The van der Waals surface area contributed by atoms with Crippen molar-refractivity contribution in [2.45, 2.75) is 25.7 Å². The minimum absolute atomic E-state index is 0.187. The molecule has 2 aromatic rings. The van der Waals surface area contributed by atoms with E-state index in [9.17, 15) is 8.42 Å². The van der Waals surface area contributed by atoms with Crippen LogP contribution >= 0.6 is 0 Å². The summed E-state index contributed by atoms with van der Waals surface area (Å²) in [5.74, 6) is 1.69. The number of hydrogen-bond donors (Lipinski definition) is 1. The Labute approximate surface area is 129 Å². The van der Waals surface area contributed by atoms with Crippen molar-refractivity contribution in [3.8, 4) is 11.5 Å². The molecule has 1 fully saturated rings. The molecule has 7 nitrogen and oxygen atoms in total. The molecule has 1 aliphatic heterocycles. The molecule has 0 aliphatic carbocycles. The van der Waals surface area contributed by atoms with E-state index in [0.717, 1.165) is 35.9 Å². The van der Waals surface area contributed by atoms with Crippen molar-refractivity contribution in [1.82, 2.24) is 24.2 Å². The molecule has 0 aromatic carbocycles. The van der Waals surface area contributed by atoms with Gasteiger partial charge in [0.2, 0.25) is 10.0 Å². The fourth-order valence-electron chi connectivity index (χ4n) is 2.75. The number of aromatic nitrogens is 4. The van der Waals surface area contributed by atoms with Gasteiger partial charge in [0.05, 0.1) is 6.26 Å². The zero-order chi connectivity index (χ0) is 15.7. The van der Waals surface area contributed by atoms with Gasteiger partial charge in [-0.15, -0.1) is 0 Å². The Hall–Kier alpha value is -1.80. The van der Waals surface area contributed by atoms with E-state index in [1.807, 2.05) is 13.0 Å². The summed E-state index contributed by atoms with van der Waals surface area (Å²) in [4.78, 5) is 16.4. The van der Waals surface area contributed by atoms with E-state index in [1.54, 1.807) is 12.4 Å². The number of nitrogens with zero attached hydrogens (tertiary/aromatic N) is 4. The monoisotopic (exact) mass is 321 g/mol. The largest absolute Gasteiger partial charge is 0.343 e. The van der Waals surface area contributed by atoms with Crippen molar-refractivity contribution < 1.29 is 8.42 Å². The maximum Gasteiger partial charge on any atom is 0.211 e. The summed E-state index contributed by atoms with van der Waals surface area (Å²) in [6.45, 7) is 2.98. The average molecular weight is 321 g/mol. The van der Waals surface area contributed by atoms with E-state index in [-0.39, 0.29) is 5.92 Å². The van der Waals surface area contributed by atoms with Crippen molar-refractivity contribution in [3.05, 3.63) is 30.0 Å². The third kappa shape index (κ3) is 3.17. The first-order valence-electron chi connectivity index (χ1n) is 7.24. The standard InChI is InChI=1S/C14H19N5O2S/c1-10-9-12(14-15-5-6-16-14)18-13(17-10)11-3-7-19(8-4-11)22(2,20)21/h5-6,9,11H,3-4,7-8H2,1-2H3,(H,15,16). The van der Waals surface area contributed by atoms with Crippen molar-refractivity contribution in [2.75, 3.05) is 19.3 Å². The second-order valence-corrected chi connectivity index (χ2v) is 7.61. The Morgan fingerprint density at radius 3 is 2.59 bits per heavy atom. The fourth-order valence-corrected chi connectivity index (χ4v) is 3.62. The summed E-state index contributed by atoms with van der Waals surface area (Å²) in [6.07, 6.45) is 6.20. The van der Waals surface area contributed by atoms with E-state index >= 15 is 0 Å². The van der Waals surface area contributed by atoms with Gasteiger partial charge in [-0.3, -0.25) is 0 Å². The third-order valence-electron chi connectivity index (χ3n) is 3.90. The number of hydrogen-bond acceptors (Lipinski definition) is 5. The first kappa shape index (κ1) is 15.1.